The molecule has 1 N–H and O–H groups in total. The van der Waals surface area contributed by atoms with Crippen molar-refractivity contribution in [2.45, 2.75) is 40.3 Å². The van der Waals surface area contributed by atoms with Gasteiger partial charge in [0.25, 0.3) is 0 Å². The summed E-state index contributed by atoms with van der Waals surface area (Å²) in [5.41, 5.74) is 3.33. The minimum atomic E-state index is -2.95. The van der Waals surface area contributed by atoms with Crippen LogP contribution < -0.4 is 5.32 Å². The molecule has 0 spiro atoms. The van der Waals surface area contributed by atoms with E-state index in [0.717, 1.165) is 16.7 Å². The molecule has 0 bridgehead atoms. The van der Waals surface area contributed by atoms with Crippen molar-refractivity contribution in [3.8, 4) is 0 Å². The quantitative estimate of drug-likeness (QED) is 0.891. The lowest BCUT2D eigenvalue weighted by Crippen LogP contribution is -2.33. The third kappa shape index (κ3) is 4.08. The van der Waals surface area contributed by atoms with Crippen molar-refractivity contribution in [3.63, 3.8) is 0 Å². The van der Waals surface area contributed by atoms with Crippen molar-refractivity contribution in [1.82, 2.24) is 5.32 Å². The lowest BCUT2D eigenvalue weighted by molar-refractivity contribution is 0.485. The van der Waals surface area contributed by atoms with Crippen molar-refractivity contribution >= 4 is 20.8 Å². The Morgan fingerprint density at radius 1 is 1.19 bits per heavy atom. The van der Waals surface area contributed by atoms with Crippen LogP contribution in [0.15, 0.2) is 22.6 Å². The van der Waals surface area contributed by atoms with Crippen LogP contribution >= 0.6 is 0 Å². The van der Waals surface area contributed by atoms with Gasteiger partial charge in [0.15, 0.2) is 9.84 Å². The summed E-state index contributed by atoms with van der Waals surface area (Å²) in [6, 6.07) is 6.07. The Kier molecular flexibility index (Phi) is 4.74. The summed E-state index contributed by atoms with van der Waals surface area (Å²) in [6.45, 7) is 8.23. The number of furan rings is 1. The van der Waals surface area contributed by atoms with E-state index in [4.69, 9.17) is 4.42 Å². The number of aryl methyl sites for hydroxylation is 2. The number of fused-ring (bicyclic) bond motifs is 1. The fraction of sp³-hybridized carbons (Fsp3) is 0.500. The van der Waals surface area contributed by atoms with Crippen molar-refractivity contribution in [3.05, 3.63) is 35.1 Å². The molecule has 4 nitrogen and oxygen atoms in total. The molecule has 0 aliphatic heterocycles. The summed E-state index contributed by atoms with van der Waals surface area (Å²) >= 11 is 0. The van der Waals surface area contributed by atoms with Crippen LogP contribution in [0.3, 0.4) is 0 Å². The highest BCUT2D eigenvalue weighted by atomic mass is 32.2. The first kappa shape index (κ1) is 16.0. The zero-order valence-corrected chi connectivity index (χ0v) is 13.9. The van der Waals surface area contributed by atoms with Gasteiger partial charge in [0.1, 0.15) is 11.3 Å². The predicted molar refractivity (Wildman–Crippen MR) is 86.3 cm³/mol. The Balaban J connectivity index is 2.04. The van der Waals surface area contributed by atoms with Gasteiger partial charge in [-0.3, -0.25) is 0 Å². The summed E-state index contributed by atoms with van der Waals surface area (Å²) in [6.07, 6.45) is 0. The van der Waals surface area contributed by atoms with Crippen LogP contribution in [0.25, 0.3) is 11.0 Å². The van der Waals surface area contributed by atoms with Crippen LogP contribution in [0.5, 0.6) is 0 Å². The molecule has 0 aliphatic rings. The van der Waals surface area contributed by atoms with E-state index in [-0.39, 0.29) is 17.5 Å². The molecule has 0 amide bonds. The zero-order valence-electron chi connectivity index (χ0n) is 13.1. The second kappa shape index (κ2) is 6.20. The largest absolute Gasteiger partial charge is 0.460 e. The fourth-order valence-corrected chi connectivity index (χ4v) is 3.39. The number of nitrogens with one attached hydrogen (secondary N) is 1. The van der Waals surface area contributed by atoms with E-state index >= 15 is 0 Å². The van der Waals surface area contributed by atoms with E-state index in [1.807, 2.05) is 19.1 Å². The molecule has 116 valence electrons. The molecule has 0 saturated heterocycles. The van der Waals surface area contributed by atoms with Gasteiger partial charge >= 0.3 is 0 Å². The molecule has 5 heteroatoms. The summed E-state index contributed by atoms with van der Waals surface area (Å²) in [7, 11) is -2.95. The van der Waals surface area contributed by atoms with Gasteiger partial charge in [0.05, 0.1) is 12.3 Å². The van der Waals surface area contributed by atoms with Gasteiger partial charge in [-0.15, -0.1) is 0 Å². The number of hydrogen-bond acceptors (Lipinski definition) is 4. The van der Waals surface area contributed by atoms with Gasteiger partial charge in [-0.1, -0.05) is 6.92 Å². The van der Waals surface area contributed by atoms with Crippen molar-refractivity contribution in [2.24, 2.45) is 0 Å². The molecular weight excluding hydrogens is 286 g/mol. The Morgan fingerprint density at radius 2 is 1.86 bits per heavy atom. The molecule has 0 saturated carbocycles. The van der Waals surface area contributed by atoms with Gasteiger partial charge in [0.2, 0.25) is 0 Å². The van der Waals surface area contributed by atoms with Gasteiger partial charge in [0, 0.05) is 17.2 Å². The molecule has 2 rings (SSSR count). The third-order valence-electron chi connectivity index (χ3n) is 3.75. The Hall–Kier alpha value is -1.33. The highest BCUT2D eigenvalue weighted by Crippen LogP contribution is 2.23. The zero-order chi connectivity index (χ0) is 15.6. The van der Waals surface area contributed by atoms with Crippen LogP contribution in [0, 0.1) is 13.8 Å². The Labute approximate surface area is 126 Å². The topological polar surface area (TPSA) is 59.3 Å². The molecule has 0 fully saturated rings. The summed E-state index contributed by atoms with van der Waals surface area (Å²) in [5.74, 6) is 1.17. The molecule has 0 aliphatic carbocycles. The second-order valence-corrected chi connectivity index (χ2v) is 8.07. The average molecular weight is 309 g/mol. The lowest BCUT2D eigenvalue weighted by Gasteiger charge is -2.12. The normalized spacial score (nSPS) is 13.7. The van der Waals surface area contributed by atoms with E-state index in [2.05, 4.69) is 25.2 Å². The highest BCUT2D eigenvalue weighted by molar-refractivity contribution is 7.91. The molecule has 21 heavy (non-hydrogen) atoms. The maximum Gasteiger partial charge on any atom is 0.151 e. The average Bonchev–Trinajstić information content (AvgIpc) is 2.78. The molecule has 1 unspecified atom stereocenters. The molecule has 2 aromatic rings. The summed E-state index contributed by atoms with van der Waals surface area (Å²) in [4.78, 5) is 0. The Morgan fingerprint density at radius 3 is 2.52 bits per heavy atom. The van der Waals surface area contributed by atoms with Crippen LogP contribution in [0.4, 0.5) is 0 Å². The fourth-order valence-electron chi connectivity index (χ4n) is 2.28. The van der Waals surface area contributed by atoms with Crippen molar-refractivity contribution in [2.75, 3.05) is 11.5 Å². The van der Waals surface area contributed by atoms with Crippen LogP contribution in [-0.4, -0.2) is 26.0 Å². The minimum Gasteiger partial charge on any atom is -0.460 e. The van der Waals surface area contributed by atoms with Gasteiger partial charge < -0.3 is 9.73 Å². The van der Waals surface area contributed by atoms with E-state index < -0.39 is 9.84 Å². The number of hydrogen-bond donors (Lipinski definition) is 1. The maximum absolute atomic E-state index is 11.6. The predicted octanol–water partition coefficient (Wildman–Crippen LogP) is 2.96. The SMILES string of the molecule is CCS(=O)(=O)CC(C)NCc1cc2cc(C)c(C)cc2o1. The van der Waals surface area contributed by atoms with Crippen molar-refractivity contribution < 1.29 is 12.8 Å². The molecular formula is C16H23NO3S. The molecule has 0 radical (unpaired) electrons. The lowest BCUT2D eigenvalue weighted by atomic mass is 10.1. The van der Waals surface area contributed by atoms with E-state index in [1.54, 1.807) is 6.92 Å². The summed E-state index contributed by atoms with van der Waals surface area (Å²) < 4.78 is 28.9. The summed E-state index contributed by atoms with van der Waals surface area (Å²) in [5, 5.41) is 4.29. The monoisotopic (exact) mass is 309 g/mol. The molecule has 1 heterocycles. The van der Waals surface area contributed by atoms with E-state index in [9.17, 15) is 8.42 Å². The molecule has 1 aromatic carbocycles. The smallest absolute Gasteiger partial charge is 0.151 e. The number of sulfone groups is 1. The van der Waals surface area contributed by atoms with Gasteiger partial charge in [-0.25, -0.2) is 8.42 Å². The molecule has 1 aromatic heterocycles. The van der Waals surface area contributed by atoms with E-state index in [0.29, 0.717) is 6.54 Å². The first-order chi connectivity index (χ1) is 9.80. The number of rotatable bonds is 6. The number of benzene rings is 1. The maximum atomic E-state index is 11.6. The van der Waals surface area contributed by atoms with E-state index in [1.165, 1.54) is 11.1 Å². The standard InChI is InChI=1S/C16H23NO3S/c1-5-21(18,19)10-13(4)17-9-15-8-14-6-11(2)12(3)7-16(14)20-15/h6-8,13,17H,5,9-10H2,1-4H3. The molecule has 1 atom stereocenters. The second-order valence-electron chi connectivity index (χ2n) is 5.67. The minimum absolute atomic E-state index is 0.0911. The highest BCUT2D eigenvalue weighted by Gasteiger charge is 2.14. The van der Waals surface area contributed by atoms with Crippen LogP contribution in [0.2, 0.25) is 0 Å². The first-order valence-corrected chi connectivity index (χ1v) is 9.06. The Bertz CT molecular complexity index is 692. The van der Waals surface area contributed by atoms with Crippen LogP contribution in [0.1, 0.15) is 30.7 Å². The van der Waals surface area contributed by atoms with Gasteiger partial charge in [-0.2, -0.15) is 0 Å². The third-order valence-corrected chi connectivity index (χ3v) is 5.64. The van der Waals surface area contributed by atoms with Crippen LogP contribution in [-0.2, 0) is 16.4 Å². The van der Waals surface area contributed by atoms with Gasteiger partial charge in [-0.05, 0) is 50.1 Å². The van der Waals surface area contributed by atoms with Crippen molar-refractivity contribution in [1.29, 1.82) is 0 Å². The first-order valence-electron chi connectivity index (χ1n) is 7.24.